The number of nitrogens with zero attached hydrogens (tertiary/aromatic N) is 1. The molecule has 1 aliphatic rings. The fourth-order valence-electron chi connectivity index (χ4n) is 2.44. The Labute approximate surface area is 101 Å². The molecule has 2 rings (SSSR count). The van der Waals surface area contributed by atoms with Gasteiger partial charge in [0.25, 0.3) is 0 Å². The minimum Gasteiger partial charge on any atom is -0.397 e. The van der Waals surface area contributed by atoms with Gasteiger partial charge in [0.05, 0.1) is 24.2 Å². The summed E-state index contributed by atoms with van der Waals surface area (Å²) in [4.78, 5) is 2.14. The average molecular weight is 238 g/mol. The van der Waals surface area contributed by atoms with Gasteiger partial charge in [0, 0.05) is 19.0 Å². The van der Waals surface area contributed by atoms with E-state index in [9.17, 15) is 9.50 Å². The Morgan fingerprint density at radius 2 is 2.18 bits per heavy atom. The molecule has 1 fully saturated rings. The van der Waals surface area contributed by atoms with Crippen molar-refractivity contribution in [1.82, 2.24) is 0 Å². The number of para-hydroxylation sites is 2. The lowest BCUT2D eigenvalue weighted by atomic mass is 9.92. The van der Waals surface area contributed by atoms with Crippen molar-refractivity contribution in [2.24, 2.45) is 5.92 Å². The molecule has 1 aromatic carbocycles. The van der Waals surface area contributed by atoms with Crippen molar-refractivity contribution >= 4 is 11.4 Å². The standard InChI is InChI=1S/C13H19FN2O/c14-7-5-10-9-16(8-6-13(10)17)12-4-2-1-3-11(12)15/h1-4,10,13,17H,5-9,15H2/t10-,13+/m0/s1. The predicted molar refractivity (Wildman–Crippen MR) is 67.8 cm³/mol. The van der Waals surface area contributed by atoms with Gasteiger partial charge in [-0.05, 0) is 25.0 Å². The van der Waals surface area contributed by atoms with Crippen LogP contribution in [0, 0.1) is 5.92 Å². The van der Waals surface area contributed by atoms with Crippen molar-refractivity contribution in [3.05, 3.63) is 24.3 Å². The molecule has 0 saturated carbocycles. The maximum absolute atomic E-state index is 12.4. The summed E-state index contributed by atoms with van der Waals surface area (Å²) in [6.45, 7) is 1.08. The van der Waals surface area contributed by atoms with E-state index >= 15 is 0 Å². The first kappa shape index (κ1) is 12.2. The zero-order chi connectivity index (χ0) is 12.3. The molecule has 3 N–H and O–H groups in total. The Hall–Kier alpha value is -1.29. The van der Waals surface area contributed by atoms with E-state index in [4.69, 9.17) is 5.73 Å². The SMILES string of the molecule is Nc1ccccc1N1CC[C@@H](O)[C@@H](CCF)C1. The molecule has 17 heavy (non-hydrogen) atoms. The molecule has 1 heterocycles. The average Bonchev–Trinajstić information content (AvgIpc) is 2.33. The second-order valence-corrected chi connectivity index (χ2v) is 4.60. The van der Waals surface area contributed by atoms with Crippen LogP contribution in [0.1, 0.15) is 12.8 Å². The number of benzene rings is 1. The van der Waals surface area contributed by atoms with E-state index in [1.807, 2.05) is 24.3 Å². The lowest BCUT2D eigenvalue weighted by Gasteiger charge is -2.37. The number of anilines is 2. The quantitative estimate of drug-likeness (QED) is 0.790. The number of nitrogens with two attached hydrogens (primary N) is 1. The highest BCUT2D eigenvalue weighted by Crippen LogP contribution is 2.29. The Balaban J connectivity index is 2.10. The smallest absolute Gasteiger partial charge is 0.0898 e. The number of rotatable bonds is 3. The lowest BCUT2D eigenvalue weighted by molar-refractivity contribution is 0.0795. The predicted octanol–water partition coefficient (Wildman–Crippen LogP) is 1.82. The highest BCUT2D eigenvalue weighted by atomic mass is 19.1. The summed E-state index contributed by atoms with van der Waals surface area (Å²) in [5.41, 5.74) is 7.66. The van der Waals surface area contributed by atoms with Gasteiger partial charge in [-0.3, -0.25) is 4.39 Å². The Kier molecular flexibility index (Phi) is 3.84. The van der Waals surface area contributed by atoms with Crippen molar-refractivity contribution < 1.29 is 9.50 Å². The first-order chi connectivity index (χ1) is 8.22. The second-order valence-electron chi connectivity index (χ2n) is 4.60. The zero-order valence-corrected chi connectivity index (χ0v) is 9.85. The van der Waals surface area contributed by atoms with Crippen LogP contribution >= 0.6 is 0 Å². The molecule has 0 spiro atoms. The van der Waals surface area contributed by atoms with E-state index in [-0.39, 0.29) is 18.7 Å². The first-order valence-electron chi connectivity index (χ1n) is 6.06. The minimum atomic E-state index is -0.382. The first-order valence-corrected chi connectivity index (χ1v) is 6.06. The van der Waals surface area contributed by atoms with Gasteiger partial charge in [-0.15, -0.1) is 0 Å². The van der Waals surface area contributed by atoms with Crippen LogP contribution in [-0.2, 0) is 0 Å². The molecule has 0 amide bonds. The Morgan fingerprint density at radius 1 is 1.41 bits per heavy atom. The van der Waals surface area contributed by atoms with Crippen molar-refractivity contribution in [2.75, 3.05) is 30.4 Å². The number of hydrogen-bond donors (Lipinski definition) is 2. The van der Waals surface area contributed by atoms with E-state index in [1.54, 1.807) is 0 Å². The van der Waals surface area contributed by atoms with Gasteiger partial charge < -0.3 is 15.7 Å². The number of halogens is 1. The van der Waals surface area contributed by atoms with Gasteiger partial charge in [0.15, 0.2) is 0 Å². The second kappa shape index (κ2) is 5.36. The molecule has 4 heteroatoms. The van der Waals surface area contributed by atoms with E-state index < -0.39 is 0 Å². The Bertz CT molecular complexity index is 372. The van der Waals surface area contributed by atoms with Crippen molar-refractivity contribution in [3.63, 3.8) is 0 Å². The lowest BCUT2D eigenvalue weighted by Crippen LogP contribution is -2.43. The van der Waals surface area contributed by atoms with Crippen LogP contribution in [0.4, 0.5) is 15.8 Å². The number of hydrogen-bond acceptors (Lipinski definition) is 3. The van der Waals surface area contributed by atoms with E-state index in [1.165, 1.54) is 0 Å². The van der Waals surface area contributed by atoms with E-state index in [2.05, 4.69) is 4.90 Å². The largest absolute Gasteiger partial charge is 0.397 e. The van der Waals surface area contributed by atoms with Gasteiger partial charge in [0.2, 0.25) is 0 Å². The highest BCUT2D eigenvalue weighted by Gasteiger charge is 2.28. The van der Waals surface area contributed by atoms with Crippen molar-refractivity contribution in [2.45, 2.75) is 18.9 Å². The topological polar surface area (TPSA) is 49.5 Å². The number of nitrogen functional groups attached to an aromatic ring is 1. The molecule has 0 radical (unpaired) electrons. The van der Waals surface area contributed by atoms with Crippen LogP contribution < -0.4 is 10.6 Å². The third-order valence-electron chi connectivity index (χ3n) is 3.45. The molecular formula is C13H19FN2O. The summed E-state index contributed by atoms with van der Waals surface area (Å²) in [6, 6.07) is 7.68. The van der Waals surface area contributed by atoms with Crippen molar-refractivity contribution in [1.29, 1.82) is 0 Å². The van der Waals surface area contributed by atoms with Crippen LogP contribution in [-0.4, -0.2) is 31.0 Å². The third kappa shape index (κ3) is 2.69. The monoisotopic (exact) mass is 238 g/mol. The van der Waals surface area contributed by atoms with Gasteiger partial charge in [-0.1, -0.05) is 12.1 Å². The number of aliphatic hydroxyl groups excluding tert-OH is 1. The summed E-state index contributed by atoms with van der Waals surface area (Å²) in [6.07, 6.45) is 0.718. The molecule has 0 unspecified atom stereocenters. The van der Waals surface area contributed by atoms with E-state index in [0.717, 1.165) is 17.9 Å². The summed E-state index contributed by atoms with van der Waals surface area (Å²) >= 11 is 0. The molecule has 1 aromatic rings. The maximum atomic E-state index is 12.4. The number of piperidine rings is 1. The molecule has 3 nitrogen and oxygen atoms in total. The van der Waals surface area contributed by atoms with Crippen LogP contribution in [0.15, 0.2) is 24.3 Å². The Morgan fingerprint density at radius 3 is 2.88 bits per heavy atom. The summed E-state index contributed by atoms with van der Waals surface area (Å²) in [5.74, 6) is 0.00774. The highest BCUT2D eigenvalue weighted by molar-refractivity contribution is 5.67. The van der Waals surface area contributed by atoms with E-state index in [0.29, 0.717) is 19.4 Å². The summed E-state index contributed by atoms with van der Waals surface area (Å²) in [5, 5.41) is 9.81. The van der Waals surface area contributed by atoms with Crippen LogP contribution in [0.3, 0.4) is 0 Å². The van der Waals surface area contributed by atoms with Crippen LogP contribution in [0.5, 0.6) is 0 Å². The van der Waals surface area contributed by atoms with Crippen LogP contribution in [0.25, 0.3) is 0 Å². The molecule has 1 aliphatic heterocycles. The van der Waals surface area contributed by atoms with Gasteiger partial charge in [-0.25, -0.2) is 0 Å². The van der Waals surface area contributed by atoms with Crippen LogP contribution in [0.2, 0.25) is 0 Å². The molecule has 0 aromatic heterocycles. The summed E-state index contributed by atoms with van der Waals surface area (Å²) in [7, 11) is 0. The van der Waals surface area contributed by atoms with Gasteiger partial charge in [0.1, 0.15) is 0 Å². The fraction of sp³-hybridized carbons (Fsp3) is 0.538. The normalized spacial score (nSPS) is 24.9. The molecule has 0 aliphatic carbocycles. The zero-order valence-electron chi connectivity index (χ0n) is 9.85. The third-order valence-corrected chi connectivity index (χ3v) is 3.45. The molecular weight excluding hydrogens is 219 g/mol. The van der Waals surface area contributed by atoms with Gasteiger partial charge >= 0.3 is 0 Å². The number of alkyl halides is 1. The molecule has 2 atom stereocenters. The maximum Gasteiger partial charge on any atom is 0.0898 e. The summed E-state index contributed by atoms with van der Waals surface area (Å²) < 4.78 is 12.4. The fourth-order valence-corrected chi connectivity index (χ4v) is 2.44. The molecule has 1 saturated heterocycles. The van der Waals surface area contributed by atoms with Gasteiger partial charge in [-0.2, -0.15) is 0 Å². The molecule has 0 bridgehead atoms. The van der Waals surface area contributed by atoms with Crippen molar-refractivity contribution in [3.8, 4) is 0 Å². The molecule has 94 valence electrons. The number of aliphatic hydroxyl groups is 1. The minimum absolute atomic E-state index is 0.00774.